The molecule has 0 aliphatic heterocycles. The average Bonchev–Trinajstić information content (AvgIpc) is 3.19. The zero-order valence-corrected chi connectivity index (χ0v) is 12.8. The molecule has 0 atom stereocenters. The fourth-order valence-corrected chi connectivity index (χ4v) is 2.48. The summed E-state index contributed by atoms with van der Waals surface area (Å²) in [6, 6.07) is 8.80. The van der Waals surface area contributed by atoms with Gasteiger partial charge in [0, 0.05) is 19.1 Å². The topological polar surface area (TPSA) is 15.3 Å². The standard InChI is InChI=1S/C16H25ClN2/c1-13(2)9-11-19(14-7-8-14)12-10-18-16-6-4-3-5-15(16)17/h3-6,13-14,18H,7-12H2,1-2H3. The molecule has 1 N–H and O–H groups in total. The van der Waals surface area contributed by atoms with Gasteiger partial charge in [-0.05, 0) is 43.9 Å². The molecule has 1 saturated carbocycles. The zero-order valence-electron chi connectivity index (χ0n) is 12.0. The van der Waals surface area contributed by atoms with Crippen molar-refractivity contribution in [1.82, 2.24) is 4.90 Å². The number of halogens is 1. The van der Waals surface area contributed by atoms with Crippen LogP contribution in [0, 0.1) is 5.92 Å². The van der Waals surface area contributed by atoms with E-state index in [0.717, 1.165) is 35.8 Å². The second-order valence-corrected chi connectivity index (χ2v) is 6.26. The summed E-state index contributed by atoms with van der Waals surface area (Å²) >= 11 is 6.14. The van der Waals surface area contributed by atoms with Crippen molar-refractivity contribution in [1.29, 1.82) is 0 Å². The van der Waals surface area contributed by atoms with E-state index in [1.54, 1.807) is 0 Å². The van der Waals surface area contributed by atoms with E-state index in [0.29, 0.717) is 0 Å². The molecule has 19 heavy (non-hydrogen) atoms. The Balaban J connectivity index is 1.74. The minimum Gasteiger partial charge on any atom is -0.383 e. The Morgan fingerprint density at radius 1 is 1.26 bits per heavy atom. The van der Waals surface area contributed by atoms with Crippen LogP contribution < -0.4 is 5.32 Å². The van der Waals surface area contributed by atoms with E-state index < -0.39 is 0 Å². The quantitative estimate of drug-likeness (QED) is 0.765. The van der Waals surface area contributed by atoms with E-state index in [9.17, 15) is 0 Å². The lowest BCUT2D eigenvalue weighted by atomic mass is 10.1. The highest BCUT2D eigenvalue weighted by Crippen LogP contribution is 2.27. The van der Waals surface area contributed by atoms with Crippen molar-refractivity contribution in [3.63, 3.8) is 0 Å². The van der Waals surface area contributed by atoms with Crippen LogP contribution in [0.2, 0.25) is 5.02 Å². The van der Waals surface area contributed by atoms with E-state index in [1.807, 2.05) is 24.3 Å². The molecular formula is C16H25ClN2. The number of nitrogens with zero attached hydrogens (tertiary/aromatic N) is 1. The predicted molar refractivity (Wildman–Crippen MR) is 84.0 cm³/mol. The minimum atomic E-state index is 0.790. The van der Waals surface area contributed by atoms with Crippen LogP contribution in [-0.2, 0) is 0 Å². The number of rotatable bonds is 8. The molecule has 2 nitrogen and oxygen atoms in total. The van der Waals surface area contributed by atoms with E-state index in [2.05, 4.69) is 24.1 Å². The molecule has 0 amide bonds. The summed E-state index contributed by atoms with van der Waals surface area (Å²) in [4.78, 5) is 2.63. The highest BCUT2D eigenvalue weighted by molar-refractivity contribution is 6.33. The van der Waals surface area contributed by atoms with Gasteiger partial charge in [0.25, 0.3) is 0 Å². The first-order valence-electron chi connectivity index (χ1n) is 7.39. The molecule has 106 valence electrons. The van der Waals surface area contributed by atoms with Crippen LogP contribution in [0.15, 0.2) is 24.3 Å². The molecule has 1 aliphatic carbocycles. The minimum absolute atomic E-state index is 0.790. The smallest absolute Gasteiger partial charge is 0.0637 e. The van der Waals surface area contributed by atoms with Gasteiger partial charge in [0.1, 0.15) is 0 Å². The van der Waals surface area contributed by atoms with Gasteiger partial charge in [-0.15, -0.1) is 0 Å². The number of para-hydroxylation sites is 1. The Hall–Kier alpha value is -0.730. The molecule has 1 aromatic carbocycles. The van der Waals surface area contributed by atoms with Gasteiger partial charge < -0.3 is 5.32 Å². The van der Waals surface area contributed by atoms with Crippen molar-refractivity contribution >= 4 is 17.3 Å². The number of nitrogens with one attached hydrogen (secondary N) is 1. The summed E-state index contributed by atoms with van der Waals surface area (Å²) in [6.45, 7) is 7.91. The van der Waals surface area contributed by atoms with Crippen LogP contribution in [0.5, 0.6) is 0 Å². The van der Waals surface area contributed by atoms with Gasteiger partial charge in [-0.2, -0.15) is 0 Å². The van der Waals surface area contributed by atoms with Gasteiger partial charge in [-0.3, -0.25) is 4.90 Å². The fraction of sp³-hybridized carbons (Fsp3) is 0.625. The monoisotopic (exact) mass is 280 g/mol. The molecule has 0 bridgehead atoms. The lowest BCUT2D eigenvalue weighted by molar-refractivity contribution is 0.257. The van der Waals surface area contributed by atoms with E-state index in [4.69, 9.17) is 11.6 Å². The number of anilines is 1. The molecule has 0 radical (unpaired) electrons. The van der Waals surface area contributed by atoms with Crippen molar-refractivity contribution in [2.45, 2.75) is 39.2 Å². The molecule has 0 aromatic heterocycles. The van der Waals surface area contributed by atoms with Crippen LogP contribution >= 0.6 is 11.6 Å². The maximum atomic E-state index is 6.14. The third-order valence-corrected chi connectivity index (χ3v) is 3.97. The van der Waals surface area contributed by atoms with Crippen LogP contribution in [0.1, 0.15) is 33.1 Å². The summed E-state index contributed by atoms with van der Waals surface area (Å²) in [5.74, 6) is 0.790. The van der Waals surface area contributed by atoms with Gasteiger partial charge in [0.15, 0.2) is 0 Å². The van der Waals surface area contributed by atoms with Gasteiger partial charge in [-0.1, -0.05) is 37.6 Å². The van der Waals surface area contributed by atoms with Crippen molar-refractivity contribution in [3.8, 4) is 0 Å². The number of hydrogen-bond donors (Lipinski definition) is 1. The molecule has 1 aromatic rings. The van der Waals surface area contributed by atoms with Gasteiger partial charge in [0.2, 0.25) is 0 Å². The lowest BCUT2D eigenvalue weighted by Gasteiger charge is -2.23. The third-order valence-electron chi connectivity index (χ3n) is 3.65. The summed E-state index contributed by atoms with van der Waals surface area (Å²) in [7, 11) is 0. The second-order valence-electron chi connectivity index (χ2n) is 5.86. The molecule has 0 saturated heterocycles. The maximum absolute atomic E-state index is 6.14. The molecule has 1 aliphatic rings. The highest BCUT2D eigenvalue weighted by Gasteiger charge is 2.28. The van der Waals surface area contributed by atoms with E-state index in [1.165, 1.54) is 25.8 Å². The van der Waals surface area contributed by atoms with Gasteiger partial charge >= 0.3 is 0 Å². The molecule has 0 spiro atoms. The second kappa shape index (κ2) is 7.16. The number of hydrogen-bond acceptors (Lipinski definition) is 2. The van der Waals surface area contributed by atoms with Crippen LogP contribution in [0.25, 0.3) is 0 Å². The lowest BCUT2D eigenvalue weighted by Crippen LogP contribution is -2.32. The van der Waals surface area contributed by atoms with E-state index >= 15 is 0 Å². The first kappa shape index (κ1) is 14.7. The molecule has 1 fully saturated rings. The fourth-order valence-electron chi connectivity index (χ4n) is 2.28. The first-order chi connectivity index (χ1) is 9.16. The first-order valence-corrected chi connectivity index (χ1v) is 7.77. The van der Waals surface area contributed by atoms with Crippen molar-refractivity contribution in [2.24, 2.45) is 5.92 Å². The Morgan fingerprint density at radius 2 is 2.00 bits per heavy atom. The summed E-state index contributed by atoms with van der Waals surface area (Å²) in [5, 5.41) is 4.25. The SMILES string of the molecule is CC(C)CCN(CCNc1ccccc1Cl)C1CC1. The largest absolute Gasteiger partial charge is 0.383 e. The molecule has 2 rings (SSSR count). The maximum Gasteiger partial charge on any atom is 0.0637 e. The van der Waals surface area contributed by atoms with Gasteiger partial charge in [0.05, 0.1) is 10.7 Å². The predicted octanol–water partition coefficient (Wildman–Crippen LogP) is 4.26. The Labute approximate surface area is 122 Å². The van der Waals surface area contributed by atoms with E-state index in [-0.39, 0.29) is 0 Å². The summed E-state index contributed by atoms with van der Waals surface area (Å²) in [6.07, 6.45) is 4.05. The molecule has 0 heterocycles. The zero-order chi connectivity index (χ0) is 13.7. The van der Waals surface area contributed by atoms with Crippen molar-refractivity contribution in [2.75, 3.05) is 25.0 Å². The Morgan fingerprint density at radius 3 is 2.63 bits per heavy atom. The summed E-state index contributed by atoms with van der Waals surface area (Å²) < 4.78 is 0. The van der Waals surface area contributed by atoms with Gasteiger partial charge in [-0.25, -0.2) is 0 Å². The average molecular weight is 281 g/mol. The molecule has 0 unspecified atom stereocenters. The molecule has 3 heteroatoms. The Kier molecular flexibility index (Phi) is 5.53. The Bertz CT molecular complexity index is 388. The third kappa shape index (κ3) is 5.04. The van der Waals surface area contributed by atoms with Crippen molar-refractivity contribution in [3.05, 3.63) is 29.3 Å². The van der Waals surface area contributed by atoms with Crippen molar-refractivity contribution < 1.29 is 0 Å². The van der Waals surface area contributed by atoms with Crippen LogP contribution in [0.3, 0.4) is 0 Å². The molecular weight excluding hydrogens is 256 g/mol. The summed E-state index contributed by atoms with van der Waals surface area (Å²) in [5.41, 5.74) is 1.05. The number of benzene rings is 1. The van der Waals surface area contributed by atoms with Crippen LogP contribution in [-0.4, -0.2) is 30.6 Å². The highest BCUT2D eigenvalue weighted by atomic mass is 35.5. The van der Waals surface area contributed by atoms with Crippen LogP contribution in [0.4, 0.5) is 5.69 Å². The normalized spacial score (nSPS) is 15.2.